The largest absolute Gasteiger partial charge is 0.493 e. The summed E-state index contributed by atoms with van der Waals surface area (Å²) in [5.41, 5.74) is 1.16. The third kappa shape index (κ3) is 5.20. The maximum atomic E-state index is 6.36. The fraction of sp³-hybridized carbons (Fsp3) is 0.625. The number of nitrogens with zero attached hydrogens (tertiary/aromatic N) is 1. The molecule has 0 radical (unpaired) electrons. The minimum Gasteiger partial charge on any atom is -0.493 e. The zero-order valence-electron chi connectivity index (χ0n) is 13.5. The van der Waals surface area contributed by atoms with Gasteiger partial charge in [-0.05, 0) is 31.0 Å². The summed E-state index contributed by atoms with van der Waals surface area (Å²) in [6, 6.07) is 4.55. The normalized spacial score (nSPS) is 18.6. The number of benzene rings is 1. The highest BCUT2D eigenvalue weighted by atomic mass is 35.5. The molecule has 0 bridgehead atoms. The summed E-state index contributed by atoms with van der Waals surface area (Å²) in [4.78, 5) is 2.43. The average molecular weight is 349 g/mol. The first-order valence-electron chi connectivity index (χ1n) is 7.59. The fourth-order valence-corrected chi connectivity index (χ4v) is 2.91. The lowest BCUT2D eigenvalue weighted by molar-refractivity contribution is 0.199. The maximum Gasteiger partial charge on any atom is 0.179 e. The quantitative estimate of drug-likeness (QED) is 0.854. The molecule has 1 unspecified atom stereocenters. The van der Waals surface area contributed by atoms with Crippen molar-refractivity contribution in [2.75, 3.05) is 33.4 Å². The standard InChI is InChI=1S/C16H25ClN2O2.ClH/c1-4-7-21-16-14(17)8-13(9-15(16)20-3)11-19-6-5-18-12(2)10-19;/h8-9,12,18H,4-7,10-11H2,1-3H3;1H. The van der Waals surface area contributed by atoms with Gasteiger partial charge in [-0.15, -0.1) is 12.4 Å². The molecule has 1 aromatic carbocycles. The highest BCUT2D eigenvalue weighted by Crippen LogP contribution is 2.36. The van der Waals surface area contributed by atoms with Crippen molar-refractivity contribution in [3.8, 4) is 11.5 Å². The van der Waals surface area contributed by atoms with Crippen LogP contribution in [0.4, 0.5) is 0 Å². The molecule has 0 aromatic heterocycles. The third-order valence-corrected chi connectivity index (χ3v) is 3.88. The Bertz CT molecular complexity index is 472. The highest BCUT2D eigenvalue weighted by molar-refractivity contribution is 6.32. The molecular formula is C16H26Cl2N2O2. The number of nitrogens with one attached hydrogen (secondary N) is 1. The highest BCUT2D eigenvalue weighted by Gasteiger charge is 2.18. The van der Waals surface area contributed by atoms with Crippen LogP contribution in [0.15, 0.2) is 12.1 Å². The Morgan fingerprint density at radius 3 is 2.82 bits per heavy atom. The lowest BCUT2D eigenvalue weighted by Crippen LogP contribution is -2.48. The summed E-state index contributed by atoms with van der Waals surface area (Å²) < 4.78 is 11.1. The zero-order valence-corrected chi connectivity index (χ0v) is 15.1. The topological polar surface area (TPSA) is 33.7 Å². The van der Waals surface area contributed by atoms with E-state index in [0.29, 0.717) is 29.2 Å². The van der Waals surface area contributed by atoms with E-state index < -0.39 is 0 Å². The molecule has 1 saturated heterocycles. The number of hydrogen-bond donors (Lipinski definition) is 1. The molecule has 22 heavy (non-hydrogen) atoms. The SMILES string of the molecule is CCCOc1c(Cl)cc(CN2CCNC(C)C2)cc1OC.Cl. The van der Waals surface area contributed by atoms with Crippen LogP contribution in [0.3, 0.4) is 0 Å². The number of rotatable bonds is 6. The van der Waals surface area contributed by atoms with Crippen molar-refractivity contribution in [3.05, 3.63) is 22.7 Å². The van der Waals surface area contributed by atoms with Gasteiger partial charge in [0, 0.05) is 32.2 Å². The predicted octanol–water partition coefficient (Wildman–Crippen LogP) is 3.35. The van der Waals surface area contributed by atoms with E-state index in [1.165, 1.54) is 0 Å². The lowest BCUT2D eigenvalue weighted by Gasteiger charge is -2.32. The van der Waals surface area contributed by atoms with Crippen molar-refractivity contribution in [3.63, 3.8) is 0 Å². The van der Waals surface area contributed by atoms with Crippen molar-refractivity contribution < 1.29 is 9.47 Å². The van der Waals surface area contributed by atoms with Crippen molar-refractivity contribution in [2.24, 2.45) is 0 Å². The molecule has 1 aliphatic heterocycles. The van der Waals surface area contributed by atoms with Crippen LogP contribution < -0.4 is 14.8 Å². The van der Waals surface area contributed by atoms with Gasteiger partial charge >= 0.3 is 0 Å². The van der Waals surface area contributed by atoms with E-state index in [9.17, 15) is 0 Å². The Hall–Kier alpha value is -0.680. The monoisotopic (exact) mass is 348 g/mol. The van der Waals surface area contributed by atoms with Gasteiger partial charge in [-0.1, -0.05) is 18.5 Å². The van der Waals surface area contributed by atoms with Crippen LogP contribution in [0.5, 0.6) is 11.5 Å². The Morgan fingerprint density at radius 2 is 2.18 bits per heavy atom. The van der Waals surface area contributed by atoms with E-state index in [1.807, 2.05) is 12.1 Å². The fourth-order valence-electron chi connectivity index (χ4n) is 2.62. The van der Waals surface area contributed by atoms with Crippen LogP contribution in [0.1, 0.15) is 25.8 Å². The summed E-state index contributed by atoms with van der Waals surface area (Å²) in [6.07, 6.45) is 0.944. The van der Waals surface area contributed by atoms with Crippen molar-refractivity contribution >= 4 is 24.0 Å². The molecule has 4 nitrogen and oxygen atoms in total. The Balaban J connectivity index is 0.00000242. The summed E-state index contributed by atoms with van der Waals surface area (Å²) in [5, 5.41) is 4.08. The number of halogens is 2. The van der Waals surface area contributed by atoms with Crippen molar-refractivity contribution in [1.82, 2.24) is 10.2 Å². The third-order valence-electron chi connectivity index (χ3n) is 3.60. The molecule has 0 aliphatic carbocycles. The second-order valence-corrected chi connectivity index (χ2v) is 5.95. The zero-order chi connectivity index (χ0) is 15.2. The van der Waals surface area contributed by atoms with Crippen LogP contribution >= 0.6 is 24.0 Å². The van der Waals surface area contributed by atoms with E-state index in [4.69, 9.17) is 21.1 Å². The first-order chi connectivity index (χ1) is 10.1. The second kappa shape index (κ2) is 9.46. The first kappa shape index (κ1) is 19.4. The van der Waals surface area contributed by atoms with Crippen LogP contribution in [0.2, 0.25) is 5.02 Å². The molecule has 2 rings (SSSR count). The molecule has 1 N–H and O–H groups in total. The van der Waals surface area contributed by atoms with E-state index in [-0.39, 0.29) is 12.4 Å². The molecule has 0 amide bonds. The average Bonchev–Trinajstić information content (AvgIpc) is 2.45. The second-order valence-electron chi connectivity index (χ2n) is 5.55. The van der Waals surface area contributed by atoms with Gasteiger partial charge in [0.2, 0.25) is 0 Å². The van der Waals surface area contributed by atoms with E-state index in [2.05, 4.69) is 24.1 Å². The number of hydrogen-bond acceptors (Lipinski definition) is 4. The summed E-state index contributed by atoms with van der Waals surface area (Å²) in [7, 11) is 1.65. The minimum absolute atomic E-state index is 0. The first-order valence-corrected chi connectivity index (χ1v) is 7.96. The van der Waals surface area contributed by atoms with Gasteiger partial charge in [0.15, 0.2) is 11.5 Å². The molecule has 1 atom stereocenters. The molecule has 0 saturated carbocycles. The molecule has 6 heteroatoms. The molecule has 1 aromatic rings. The smallest absolute Gasteiger partial charge is 0.179 e. The predicted molar refractivity (Wildman–Crippen MR) is 93.8 cm³/mol. The van der Waals surface area contributed by atoms with Gasteiger partial charge in [0.05, 0.1) is 18.7 Å². The Labute approximate surface area is 144 Å². The van der Waals surface area contributed by atoms with Crippen molar-refractivity contribution in [1.29, 1.82) is 0 Å². The molecule has 1 aliphatic rings. The van der Waals surface area contributed by atoms with Gasteiger partial charge < -0.3 is 14.8 Å². The number of piperazine rings is 1. The van der Waals surface area contributed by atoms with E-state index >= 15 is 0 Å². The van der Waals surface area contributed by atoms with Crippen LogP contribution in [-0.2, 0) is 6.54 Å². The van der Waals surface area contributed by atoms with E-state index in [0.717, 1.165) is 38.2 Å². The molecule has 1 heterocycles. The summed E-state index contributed by atoms with van der Waals surface area (Å²) in [6.45, 7) is 8.94. The number of methoxy groups -OCH3 is 1. The lowest BCUT2D eigenvalue weighted by atomic mass is 10.1. The van der Waals surface area contributed by atoms with Crippen LogP contribution in [0.25, 0.3) is 0 Å². The summed E-state index contributed by atoms with van der Waals surface area (Å²) >= 11 is 6.36. The van der Waals surface area contributed by atoms with Gasteiger partial charge in [0.1, 0.15) is 0 Å². The Kier molecular flexibility index (Phi) is 8.33. The Morgan fingerprint density at radius 1 is 1.41 bits per heavy atom. The van der Waals surface area contributed by atoms with E-state index in [1.54, 1.807) is 7.11 Å². The van der Waals surface area contributed by atoms with Gasteiger partial charge in [-0.2, -0.15) is 0 Å². The van der Waals surface area contributed by atoms with Gasteiger partial charge in [-0.25, -0.2) is 0 Å². The maximum absolute atomic E-state index is 6.36. The molecule has 0 spiro atoms. The number of ether oxygens (including phenoxy) is 2. The minimum atomic E-state index is 0. The van der Waals surface area contributed by atoms with Crippen molar-refractivity contribution in [2.45, 2.75) is 32.9 Å². The molecule has 1 fully saturated rings. The van der Waals surface area contributed by atoms with Crippen LogP contribution in [-0.4, -0.2) is 44.3 Å². The van der Waals surface area contributed by atoms with Gasteiger partial charge in [0.25, 0.3) is 0 Å². The molecule has 126 valence electrons. The van der Waals surface area contributed by atoms with Gasteiger partial charge in [-0.3, -0.25) is 4.90 Å². The molecular weight excluding hydrogens is 323 g/mol. The summed E-state index contributed by atoms with van der Waals surface area (Å²) in [5.74, 6) is 1.37. The van der Waals surface area contributed by atoms with Crippen LogP contribution in [0, 0.1) is 0 Å².